The first kappa shape index (κ1) is 29.7. The number of thiazole rings is 1. The summed E-state index contributed by atoms with van der Waals surface area (Å²) in [7, 11) is -3.42. The second-order valence-corrected chi connectivity index (χ2v) is 14.9. The SMILES string of the molecule is Cc1nc(NCc2c(F)cccc2F)nc(N[C@@H]2C[C@H](CS(C)(=O)=O)[C@@H](O)[C@@]2(C)O)c1-c1nc2c(C3CC3)nccc2s1. The summed E-state index contributed by atoms with van der Waals surface area (Å²) in [5, 5.41) is 29.0. The van der Waals surface area contributed by atoms with Crippen molar-refractivity contribution in [2.24, 2.45) is 5.92 Å². The fraction of sp³-hybridized carbons (Fsp3) is 0.448. The molecule has 0 aliphatic heterocycles. The minimum Gasteiger partial charge on any atom is -0.390 e. The van der Waals surface area contributed by atoms with Crippen LogP contribution in [-0.4, -0.2) is 68.3 Å². The van der Waals surface area contributed by atoms with Gasteiger partial charge in [0.1, 0.15) is 43.4 Å². The van der Waals surface area contributed by atoms with E-state index in [0.717, 1.165) is 35.0 Å². The predicted octanol–water partition coefficient (Wildman–Crippen LogP) is 4.18. The normalized spacial score (nSPS) is 24.0. The third-order valence-corrected chi connectivity index (χ3v) is 10.3. The van der Waals surface area contributed by atoms with E-state index in [9.17, 15) is 27.4 Å². The molecular formula is C29H32F2N6O4S2. The van der Waals surface area contributed by atoms with Gasteiger partial charge >= 0.3 is 0 Å². The van der Waals surface area contributed by atoms with Gasteiger partial charge in [-0.1, -0.05) is 6.07 Å². The van der Waals surface area contributed by atoms with Crippen molar-refractivity contribution in [3.63, 3.8) is 0 Å². The molecule has 3 heterocycles. The fourth-order valence-electron chi connectivity index (χ4n) is 5.79. The Bertz CT molecular complexity index is 1790. The Morgan fingerprint density at radius 3 is 2.53 bits per heavy atom. The summed E-state index contributed by atoms with van der Waals surface area (Å²) in [6, 6.07) is 4.74. The third-order valence-electron chi connectivity index (χ3n) is 8.21. The summed E-state index contributed by atoms with van der Waals surface area (Å²) < 4.78 is 53.6. The second kappa shape index (κ2) is 11.0. The van der Waals surface area contributed by atoms with Gasteiger partial charge in [-0.3, -0.25) is 4.98 Å². The highest BCUT2D eigenvalue weighted by Gasteiger charge is 2.51. The number of aliphatic hydroxyl groups excluding tert-OH is 1. The van der Waals surface area contributed by atoms with Crippen molar-refractivity contribution in [2.75, 3.05) is 22.6 Å². The van der Waals surface area contributed by atoms with Crippen LogP contribution in [0.4, 0.5) is 20.5 Å². The number of sulfone groups is 1. The second-order valence-electron chi connectivity index (χ2n) is 11.7. The van der Waals surface area contributed by atoms with Gasteiger partial charge in [0.25, 0.3) is 0 Å². The van der Waals surface area contributed by atoms with Gasteiger partial charge in [-0.2, -0.15) is 4.98 Å². The fourth-order valence-corrected chi connectivity index (χ4v) is 7.95. The van der Waals surface area contributed by atoms with Crippen LogP contribution < -0.4 is 10.6 Å². The summed E-state index contributed by atoms with van der Waals surface area (Å²) in [6.07, 6.45) is 3.84. The van der Waals surface area contributed by atoms with Crippen molar-refractivity contribution < 1.29 is 27.4 Å². The Morgan fingerprint density at radius 1 is 1.14 bits per heavy atom. The summed E-state index contributed by atoms with van der Waals surface area (Å²) in [6.45, 7) is 3.00. The molecule has 43 heavy (non-hydrogen) atoms. The Morgan fingerprint density at radius 2 is 1.86 bits per heavy atom. The lowest BCUT2D eigenvalue weighted by Crippen LogP contribution is -2.48. The Hall–Kier alpha value is -3.33. The van der Waals surface area contributed by atoms with Crippen molar-refractivity contribution in [1.29, 1.82) is 0 Å². The maximum Gasteiger partial charge on any atom is 0.225 e. The van der Waals surface area contributed by atoms with E-state index < -0.39 is 45.1 Å². The Labute approximate surface area is 251 Å². The molecule has 228 valence electrons. The molecule has 0 bridgehead atoms. The van der Waals surface area contributed by atoms with Crippen LogP contribution in [0.1, 0.15) is 49.1 Å². The molecule has 6 rings (SSSR count). The topological polar surface area (TPSA) is 150 Å². The van der Waals surface area contributed by atoms with Crippen LogP contribution >= 0.6 is 11.3 Å². The van der Waals surface area contributed by atoms with Gasteiger partial charge in [-0.25, -0.2) is 27.2 Å². The quantitative estimate of drug-likeness (QED) is 0.212. The maximum atomic E-state index is 14.3. The average Bonchev–Trinajstić information content (AvgIpc) is 3.64. The van der Waals surface area contributed by atoms with Crippen molar-refractivity contribution in [3.8, 4) is 10.6 Å². The molecule has 10 nitrogen and oxygen atoms in total. The molecule has 0 saturated heterocycles. The number of aromatic nitrogens is 4. The number of nitrogens with one attached hydrogen (secondary N) is 2. The van der Waals surface area contributed by atoms with Gasteiger partial charge in [-0.05, 0) is 51.3 Å². The molecule has 4 atom stereocenters. The maximum absolute atomic E-state index is 14.3. The van der Waals surface area contributed by atoms with E-state index in [1.165, 1.54) is 36.5 Å². The van der Waals surface area contributed by atoms with Crippen molar-refractivity contribution in [3.05, 3.63) is 59.0 Å². The average molecular weight is 631 g/mol. The highest BCUT2D eigenvalue weighted by molar-refractivity contribution is 7.90. The van der Waals surface area contributed by atoms with Gasteiger partial charge in [-0.15, -0.1) is 11.3 Å². The molecule has 2 saturated carbocycles. The number of pyridine rings is 1. The van der Waals surface area contributed by atoms with Crippen LogP contribution in [-0.2, 0) is 16.4 Å². The molecule has 0 radical (unpaired) electrons. The van der Waals surface area contributed by atoms with Crippen LogP contribution in [0, 0.1) is 24.5 Å². The molecular weight excluding hydrogens is 598 g/mol. The van der Waals surface area contributed by atoms with Crippen molar-refractivity contribution in [2.45, 2.75) is 63.3 Å². The van der Waals surface area contributed by atoms with Crippen LogP contribution in [0.2, 0.25) is 0 Å². The van der Waals surface area contributed by atoms with Crippen LogP contribution in [0.3, 0.4) is 0 Å². The molecule has 2 aliphatic carbocycles. The molecule has 0 spiro atoms. The Balaban J connectivity index is 1.40. The zero-order valence-electron chi connectivity index (χ0n) is 23.8. The number of aryl methyl sites for hydroxylation is 1. The summed E-state index contributed by atoms with van der Waals surface area (Å²) in [4.78, 5) is 18.7. The smallest absolute Gasteiger partial charge is 0.225 e. The van der Waals surface area contributed by atoms with E-state index in [1.54, 1.807) is 13.1 Å². The van der Waals surface area contributed by atoms with E-state index in [1.807, 2.05) is 6.07 Å². The van der Waals surface area contributed by atoms with Crippen LogP contribution in [0.25, 0.3) is 20.8 Å². The van der Waals surface area contributed by atoms with Gasteiger partial charge in [0, 0.05) is 36.4 Å². The first-order chi connectivity index (χ1) is 20.3. The molecule has 14 heteroatoms. The Kier molecular flexibility index (Phi) is 7.60. The molecule has 0 amide bonds. The molecule has 2 fully saturated rings. The molecule has 2 aliphatic rings. The molecule has 1 aromatic carbocycles. The van der Waals surface area contributed by atoms with Crippen molar-refractivity contribution >= 4 is 43.2 Å². The number of fused-ring (bicyclic) bond motifs is 1. The first-order valence-corrected chi connectivity index (χ1v) is 16.9. The molecule has 0 unspecified atom stereocenters. The van der Waals surface area contributed by atoms with Gasteiger partial charge in [0.15, 0.2) is 0 Å². The van der Waals surface area contributed by atoms with Gasteiger partial charge < -0.3 is 20.8 Å². The molecule has 3 aromatic heterocycles. The largest absolute Gasteiger partial charge is 0.390 e. The lowest BCUT2D eigenvalue weighted by Gasteiger charge is -2.30. The molecule has 4 aromatic rings. The summed E-state index contributed by atoms with van der Waals surface area (Å²) in [5.74, 6) is -1.66. The standard InChI is InChI=1S/C29H32F2N6O4S2/c1-14-22(27-36-24-20(42-27)9-10-32-23(24)15-7-8-15)26(35-21-11-16(13-43(3,40)41)25(38)29(21,2)39)37-28(34-14)33-12-17-18(30)5-4-6-19(17)31/h4-6,9-10,15-16,21,25,38-39H,7-8,11-13H2,1-3H3,(H2,33,34,35,37)/t16-,21-,25-,29+/m1/s1. The van der Waals surface area contributed by atoms with Gasteiger partial charge in [0.2, 0.25) is 5.95 Å². The van der Waals surface area contributed by atoms with E-state index in [4.69, 9.17) is 4.98 Å². The van der Waals surface area contributed by atoms with E-state index in [-0.39, 0.29) is 36.0 Å². The number of anilines is 2. The number of nitrogens with zero attached hydrogens (tertiary/aromatic N) is 4. The van der Waals surface area contributed by atoms with Crippen LogP contribution in [0.15, 0.2) is 30.5 Å². The summed E-state index contributed by atoms with van der Waals surface area (Å²) in [5.41, 5.74) is 0.973. The zero-order chi connectivity index (χ0) is 30.7. The van der Waals surface area contributed by atoms with E-state index >= 15 is 0 Å². The number of benzene rings is 1. The zero-order valence-corrected chi connectivity index (χ0v) is 25.4. The number of aliphatic hydroxyl groups is 2. The third kappa shape index (κ3) is 5.93. The van der Waals surface area contributed by atoms with E-state index in [2.05, 4.69) is 25.6 Å². The molecule has 4 N–H and O–H groups in total. The van der Waals surface area contributed by atoms with E-state index in [0.29, 0.717) is 22.2 Å². The lowest BCUT2D eigenvalue weighted by atomic mass is 9.97. The summed E-state index contributed by atoms with van der Waals surface area (Å²) >= 11 is 1.44. The number of rotatable bonds is 9. The lowest BCUT2D eigenvalue weighted by molar-refractivity contribution is -0.0557. The minimum absolute atomic E-state index is 0.0822. The van der Waals surface area contributed by atoms with Crippen molar-refractivity contribution in [1.82, 2.24) is 19.9 Å². The number of hydrogen-bond donors (Lipinski definition) is 4. The van der Waals surface area contributed by atoms with Crippen LogP contribution in [0.5, 0.6) is 0 Å². The number of halogens is 2. The van der Waals surface area contributed by atoms with Gasteiger partial charge in [0.05, 0.1) is 39.5 Å². The first-order valence-electron chi connectivity index (χ1n) is 14.0. The predicted molar refractivity (Wildman–Crippen MR) is 161 cm³/mol. The number of hydrogen-bond acceptors (Lipinski definition) is 11. The monoisotopic (exact) mass is 630 g/mol. The highest BCUT2D eigenvalue weighted by Crippen LogP contribution is 2.45. The highest BCUT2D eigenvalue weighted by atomic mass is 32.2. The minimum atomic E-state index is -3.42.